The van der Waals surface area contributed by atoms with Gasteiger partial charge in [0.2, 0.25) is 0 Å². The van der Waals surface area contributed by atoms with Gasteiger partial charge in [-0.1, -0.05) is 24.8 Å². The van der Waals surface area contributed by atoms with E-state index >= 15 is 0 Å². The molecular formula is C13H22O2. The van der Waals surface area contributed by atoms with E-state index in [1.807, 2.05) is 26.8 Å². The fourth-order valence-corrected chi connectivity index (χ4v) is 1.12. The summed E-state index contributed by atoms with van der Waals surface area (Å²) in [6.45, 7) is 9.25. The molecule has 0 aromatic rings. The van der Waals surface area contributed by atoms with Gasteiger partial charge in [0.15, 0.2) is 0 Å². The largest absolute Gasteiger partial charge is 0.460 e. The van der Waals surface area contributed by atoms with Gasteiger partial charge in [0.1, 0.15) is 5.60 Å². The van der Waals surface area contributed by atoms with Crippen molar-refractivity contribution in [1.82, 2.24) is 0 Å². The number of rotatable bonds is 6. The topological polar surface area (TPSA) is 26.3 Å². The van der Waals surface area contributed by atoms with E-state index < -0.39 is 0 Å². The van der Waals surface area contributed by atoms with Crippen LogP contribution in [-0.4, -0.2) is 11.6 Å². The number of carbonyl (C=O) groups is 1. The second-order valence-corrected chi connectivity index (χ2v) is 4.50. The van der Waals surface area contributed by atoms with Gasteiger partial charge >= 0.3 is 5.97 Å². The Morgan fingerprint density at radius 2 is 2.00 bits per heavy atom. The molecule has 0 unspecified atom stereocenters. The molecule has 2 nitrogen and oxygen atoms in total. The highest BCUT2D eigenvalue weighted by Gasteiger charge is 2.15. The highest BCUT2D eigenvalue weighted by atomic mass is 16.6. The molecule has 0 atom stereocenters. The maximum absolute atomic E-state index is 11.3. The Labute approximate surface area is 93.0 Å². The van der Waals surface area contributed by atoms with Gasteiger partial charge in [-0.15, -0.1) is 0 Å². The van der Waals surface area contributed by atoms with Crippen molar-refractivity contribution in [3.63, 3.8) is 0 Å². The molecule has 0 aliphatic rings. The van der Waals surface area contributed by atoms with Gasteiger partial charge in [0, 0.05) is 6.42 Å². The van der Waals surface area contributed by atoms with Gasteiger partial charge < -0.3 is 4.74 Å². The minimum atomic E-state index is -0.361. The molecule has 0 bridgehead atoms. The van der Waals surface area contributed by atoms with E-state index in [4.69, 9.17) is 4.74 Å². The van der Waals surface area contributed by atoms with Crippen molar-refractivity contribution >= 4 is 5.97 Å². The van der Waals surface area contributed by atoms with Crippen LogP contribution in [0.15, 0.2) is 24.8 Å². The fraction of sp³-hybridized carbons (Fsp3) is 0.615. The van der Waals surface area contributed by atoms with Gasteiger partial charge in [-0.2, -0.15) is 0 Å². The zero-order valence-electron chi connectivity index (χ0n) is 10.1. The molecule has 0 aromatic carbocycles. The normalized spacial score (nSPS) is 11.7. The van der Waals surface area contributed by atoms with Crippen molar-refractivity contribution in [2.45, 2.75) is 52.1 Å². The number of hydrogen-bond acceptors (Lipinski definition) is 2. The van der Waals surface area contributed by atoms with E-state index in [1.54, 1.807) is 6.08 Å². The molecule has 0 aromatic heterocycles. The van der Waals surface area contributed by atoms with E-state index in [2.05, 4.69) is 12.7 Å². The molecule has 0 saturated carbocycles. The molecule has 0 aliphatic carbocycles. The van der Waals surface area contributed by atoms with Crippen molar-refractivity contribution in [3.05, 3.63) is 24.8 Å². The molecule has 0 aliphatic heterocycles. The number of hydrogen-bond donors (Lipinski definition) is 0. The maximum atomic E-state index is 11.3. The van der Waals surface area contributed by atoms with Crippen molar-refractivity contribution in [1.29, 1.82) is 0 Å². The number of ether oxygens (including phenoxy) is 1. The van der Waals surface area contributed by atoms with Crippen molar-refractivity contribution in [3.8, 4) is 0 Å². The number of unbranched alkanes of at least 4 members (excludes halogenated alkanes) is 2. The lowest BCUT2D eigenvalue weighted by atomic mass is 10.1. The fourth-order valence-electron chi connectivity index (χ4n) is 1.12. The van der Waals surface area contributed by atoms with E-state index in [-0.39, 0.29) is 11.6 Å². The Hall–Kier alpha value is -1.05. The lowest BCUT2D eigenvalue weighted by Crippen LogP contribution is -2.23. The van der Waals surface area contributed by atoms with Crippen LogP contribution in [0.2, 0.25) is 0 Å². The molecular weight excluding hydrogens is 188 g/mol. The molecule has 0 amide bonds. The maximum Gasteiger partial charge on any atom is 0.306 e. The zero-order chi connectivity index (χ0) is 11.7. The first kappa shape index (κ1) is 13.9. The van der Waals surface area contributed by atoms with Crippen LogP contribution in [0.1, 0.15) is 46.5 Å². The smallest absolute Gasteiger partial charge is 0.306 e. The summed E-state index contributed by atoms with van der Waals surface area (Å²) >= 11 is 0. The second-order valence-electron chi connectivity index (χ2n) is 4.50. The molecule has 0 heterocycles. The summed E-state index contributed by atoms with van der Waals surface area (Å²) in [5, 5.41) is 0. The van der Waals surface area contributed by atoms with Gasteiger partial charge in [0.05, 0.1) is 0 Å². The molecule has 0 fully saturated rings. The lowest BCUT2D eigenvalue weighted by molar-refractivity contribution is -0.154. The summed E-state index contributed by atoms with van der Waals surface area (Å²) in [6.07, 6.45) is 9.15. The Morgan fingerprint density at radius 3 is 2.53 bits per heavy atom. The Morgan fingerprint density at radius 1 is 1.33 bits per heavy atom. The average molecular weight is 210 g/mol. The first-order chi connectivity index (χ1) is 6.95. The summed E-state index contributed by atoms with van der Waals surface area (Å²) in [5.74, 6) is -0.102. The van der Waals surface area contributed by atoms with Gasteiger partial charge in [-0.25, -0.2) is 0 Å². The first-order valence-corrected chi connectivity index (χ1v) is 5.45. The third-order valence-corrected chi connectivity index (χ3v) is 1.69. The standard InChI is InChI=1S/C13H22O2/c1-5-6-7-8-9-10-11-12(14)15-13(2,3)4/h5-7H,1,8-11H2,2-4H3/b7-6+. The van der Waals surface area contributed by atoms with Crippen LogP contribution in [0.4, 0.5) is 0 Å². The van der Waals surface area contributed by atoms with E-state index in [0.29, 0.717) is 6.42 Å². The minimum absolute atomic E-state index is 0.102. The number of allylic oxidation sites excluding steroid dienone is 3. The molecule has 0 radical (unpaired) electrons. The van der Waals surface area contributed by atoms with E-state index in [9.17, 15) is 4.79 Å². The SMILES string of the molecule is C=C/C=C/CCCCC(=O)OC(C)(C)C. The highest BCUT2D eigenvalue weighted by molar-refractivity contribution is 5.69. The number of carbonyl (C=O) groups excluding carboxylic acids is 1. The zero-order valence-corrected chi connectivity index (χ0v) is 10.1. The summed E-state index contributed by atoms with van der Waals surface area (Å²) in [4.78, 5) is 11.3. The van der Waals surface area contributed by atoms with E-state index in [0.717, 1.165) is 19.3 Å². The average Bonchev–Trinajstić information content (AvgIpc) is 2.08. The molecule has 0 rings (SSSR count). The molecule has 0 N–H and O–H groups in total. The van der Waals surface area contributed by atoms with Crippen LogP contribution >= 0.6 is 0 Å². The predicted octanol–water partition coefficient (Wildman–Crippen LogP) is 3.63. The molecule has 15 heavy (non-hydrogen) atoms. The monoisotopic (exact) mass is 210 g/mol. The van der Waals surface area contributed by atoms with E-state index in [1.165, 1.54) is 0 Å². The van der Waals surface area contributed by atoms with Crippen LogP contribution in [0.3, 0.4) is 0 Å². The van der Waals surface area contributed by atoms with Crippen LogP contribution in [-0.2, 0) is 9.53 Å². The van der Waals surface area contributed by atoms with Crippen molar-refractivity contribution < 1.29 is 9.53 Å². The molecule has 2 heteroatoms. The molecule has 0 spiro atoms. The Balaban J connectivity index is 3.48. The first-order valence-electron chi connectivity index (χ1n) is 5.45. The number of esters is 1. The van der Waals surface area contributed by atoms with Crippen molar-refractivity contribution in [2.24, 2.45) is 0 Å². The third-order valence-electron chi connectivity index (χ3n) is 1.69. The lowest BCUT2D eigenvalue weighted by Gasteiger charge is -2.19. The summed E-state index contributed by atoms with van der Waals surface area (Å²) < 4.78 is 5.19. The Bertz CT molecular complexity index is 221. The highest BCUT2D eigenvalue weighted by Crippen LogP contribution is 2.10. The van der Waals surface area contributed by atoms with Crippen molar-refractivity contribution in [2.75, 3.05) is 0 Å². The summed E-state index contributed by atoms with van der Waals surface area (Å²) in [6, 6.07) is 0. The van der Waals surface area contributed by atoms with Gasteiger partial charge in [-0.3, -0.25) is 4.79 Å². The quantitative estimate of drug-likeness (QED) is 0.380. The van der Waals surface area contributed by atoms with Crippen LogP contribution in [0.5, 0.6) is 0 Å². The Kier molecular flexibility index (Phi) is 6.76. The summed E-state index contributed by atoms with van der Waals surface area (Å²) in [7, 11) is 0. The molecule has 0 saturated heterocycles. The van der Waals surface area contributed by atoms with Crippen LogP contribution in [0, 0.1) is 0 Å². The minimum Gasteiger partial charge on any atom is -0.460 e. The molecule has 86 valence electrons. The van der Waals surface area contributed by atoms with Crippen LogP contribution in [0.25, 0.3) is 0 Å². The third kappa shape index (κ3) is 10.9. The summed E-state index contributed by atoms with van der Waals surface area (Å²) in [5.41, 5.74) is -0.361. The van der Waals surface area contributed by atoms with Crippen LogP contribution < -0.4 is 0 Å². The van der Waals surface area contributed by atoms with Gasteiger partial charge in [0.25, 0.3) is 0 Å². The van der Waals surface area contributed by atoms with Gasteiger partial charge in [-0.05, 0) is 40.0 Å². The second kappa shape index (κ2) is 7.27. The predicted molar refractivity (Wildman–Crippen MR) is 63.7 cm³/mol.